The number of rotatable bonds is 4. The third kappa shape index (κ3) is 7.30. The molecule has 0 spiro atoms. The average molecular weight is 1150 g/mol. The molecule has 2 aliphatic rings. The number of halogens is 2. The summed E-state index contributed by atoms with van der Waals surface area (Å²) in [4.78, 5) is 16.9. The first-order valence-electron chi connectivity index (χ1n) is 10.7. The fraction of sp³-hybridized carbons (Fsp3) is 0.179. The number of hydrogen-bond donors (Lipinski definition) is 2. The van der Waals surface area contributed by atoms with Gasteiger partial charge in [-0.15, -0.1) is 0 Å². The summed E-state index contributed by atoms with van der Waals surface area (Å²) in [5, 5.41) is 8.59. The average Bonchev–Trinajstić information content (AvgIpc) is 3.65. The first-order chi connectivity index (χ1) is 16.2. The number of H-pyrrole nitrogens is 1. The number of carbonyl (C=O) groups excluding carboxylic acids is 1. The van der Waals surface area contributed by atoms with E-state index >= 15 is 0 Å². The third-order valence-electron chi connectivity index (χ3n) is 5.94. The van der Waals surface area contributed by atoms with E-state index in [1.165, 1.54) is 28.9 Å². The molecular weight excluding hydrogens is 1120 g/mol. The Labute approximate surface area is 281 Å². The zero-order valence-corrected chi connectivity index (χ0v) is 32.5. The van der Waals surface area contributed by atoms with Crippen molar-refractivity contribution >= 4 is 65.9 Å². The van der Waals surface area contributed by atoms with Crippen molar-refractivity contribution in [3.8, 4) is 0 Å². The van der Waals surface area contributed by atoms with Crippen LogP contribution in [0, 0.1) is 88.3 Å². The summed E-state index contributed by atoms with van der Waals surface area (Å²) in [6.45, 7) is 0.680. The van der Waals surface area contributed by atoms with Gasteiger partial charge in [-0.3, -0.25) is 0 Å². The first kappa shape index (κ1) is 32.1. The molecule has 1 amide bonds. The van der Waals surface area contributed by atoms with Crippen molar-refractivity contribution in [1.82, 2.24) is 9.88 Å². The Bertz CT molecular complexity index is 1290. The number of aromatic amines is 1. The monoisotopic (exact) mass is 1150 g/mol. The maximum absolute atomic E-state index is 11.6. The standard InChI is InChI=1S/C21H18IN3O.C6H4I.CH3.2U/c23-12-14-1-3-15(4-2-14)21-20-17(7-10-25(21)13-26)18-11-16(22-8-9-22)5-6-19(18)24-20;7-6-4-2-1-3-5-6;;;/h1-6,11,21,23-24H,7-10H2;2-5H;1H3;;/q-2;2*-1;2*+2. The predicted octanol–water partition coefficient (Wildman–Crippen LogP) is 6.29. The minimum Gasteiger partial charge on any atom is -0.358 e. The summed E-state index contributed by atoms with van der Waals surface area (Å²) in [5.74, 6) is 0. The van der Waals surface area contributed by atoms with Crippen molar-refractivity contribution < 1.29 is 67.0 Å². The van der Waals surface area contributed by atoms with Gasteiger partial charge in [0.15, 0.2) is 0 Å². The second kappa shape index (κ2) is 14.9. The van der Waals surface area contributed by atoms with E-state index in [1.54, 1.807) is 8.47 Å². The largest absolute Gasteiger partial charge is 2.00 e. The van der Waals surface area contributed by atoms with Crippen molar-refractivity contribution in [3.63, 3.8) is 0 Å². The summed E-state index contributed by atoms with van der Waals surface area (Å²) >= 11 is 1.47. The topological polar surface area (TPSA) is 60.0 Å². The summed E-state index contributed by atoms with van der Waals surface area (Å²) < 4.78 is 5.76. The van der Waals surface area contributed by atoms with Gasteiger partial charge in [-0.2, -0.15) is 30.3 Å². The molecule has 3 aromatic carbocycles. The van der Waals surface area contributed by atoms with Crippen LogP contribution >= 0.6 is 42.4 Å². The molecule has 1 saturated heterocycles. The number of nitrogens with one attached hydrogen (secondary N) is 2. The van der Waals surface area contributed by atoms with Crippen molar-refractivity contribution in [2.75, 3.05) is 15.4 Å². The van der Waals surface area contributed by atoms with Gasteiger partial charge < -0.3 is 7.43 Å². The Kier molecular flexibility index (Phi) is 13.3. The van der Waals surface area contributed by atoms with Gasteiger partial charge in [-0.25, -0.2) is 0 Å². The Morgan fingerprint density at radius 3 is 2.31 bits per heavy atom. The van der Waals surface area contributed by atoms with Crippen LogP contribution in [-0.4, -0.2) is 37.9 Å². The van der Waals surface area contributed by atoms with Gasteiger partial charge in [-0.1, -0.05) is 26.2 Å². The minimum absolute atomic E-state index is 0. The summed E-state index contributed by atoms with van der Waals surface area (Å²) in [6.07, 6.45) is 5.39. The van der Waals surface area contributed by atoms with E-state index in [9.17, 15) is 4.79 Å². The molecule has 8 heteroatoms. The van der Waals surface area contributed by atoms with Gasteiger partial charge in [0.1, 0.15) is 0 Å². The van der Waals surface area contributed by atoms with Crippen LogP contribution in [0.2, 0.25) is 0 Å². The van der Waals surface area contributed by atoms with Crippen LogP contribution < -0.4 is 0 Å². The van der Waals surface area contributed by atoms with Gasteiger partial charge in [-0.05, 0) is 0 Å². The van der Waals surface area contributed by atoms with Crippen LogP contribution in [-0.2, 0) is 11.2 Å². The molecular formula is C28H25I2N3OU2. The Balaban J connectivity index is 0.000000400. The second-order valence-electron chi connectivity index (χ2n) is 7.94. The van der Waals surface area contributed by atoms with E-state index in [4.69, 9.17) is 5.41 Å². The van der Waals surface area contributed by atoms with Crippen LogP contribution in [0.15, 0.2) is 66.7 Å². The molecule has 36 heavy (non-hydrogen) atoms. The third-order valence-corrected chi connectivity index (χ3v) is 11.3. The minimum atomic E-state index is -0.786. The molecule has 180 valence electrons. The molecule has 2 N–H and O–H groups in total. The number of amides is 1. The maximum Gasteiger partial charge on any atom is 2.00 e. The molecule has 0 bridgehead atoms. The fourth-order valence-electron chi connectivity index (χ4n) is 4.24. The molecule has 0 saturated carbocycles. The van der Waals surface area contributed by atoms with Crippen molar-refractivity contribution in [2.45, 2.75) is 12.5 Å². The van der Waals surface area contributed by atoms with Gasteiger partial charge in [0.05, 0.1) is 0 Å². The van der Waals surface area contributed by atoms with Crippen molar-refractivity contribution in [3.05, 3.63) is 110 Å². The molecule has 4 nitrogen and oxygen atoms in total. The number of nitrogens with zero attached hydrogens (tertiary/aromatic N) is 1. The van der Waals surface area contributed by atoms with E-state index < -0.39 is 19.8 Å². The predicted molar refractivity (Wildman–Crippen MR) is 156 cm³/mol. The molecule has 1 aromatic heterocycles. The van der Waals surface area contributed by atoms with Crippen LogP contribution in [0.25, 0.3) is 10.9 Å². The molecule has 0 radical (unpaired) electrons. The zero-order valence-electron chi connectivity index (χ0n) is 19.9. The Morgan fingerprint density at radius 2 is 1.75 bits per heavy atom. The molecule has 0 aliphatic carbocycles. The van der Waals surface area contributed by atoms with Crippen LogP contribution in [0.4, 0.5) is 0 Å². The molecule has 4 aromatic rings. The van der Waals surface area contributed by atoms with E-state index in [2.05, 4.69) is 64.5 Å². The first-order valence-corrected chi connectivity index (χ1v) is 15.9. The molecule has 2 aliphatic heterocycles. The maximum atomic E-state index is 11.6. The normalized spacial score (nSPS) is 16.2. The van der Waals surface area contributed by atoms with Crippen molar-refractivity contribution in [1.29, 1.82) is 5.41 Å². The fourth-order valence-corrected chi connectivity index (χ4v) is 8.86. The van der Waals surface area contributed by atoms with E-state index in [0.717, 1.165) is 23.2 Å². The summed E-state index contributed by atoms with van der Waals surface area (Å²) in [5.41, 5.74) is 5.40. The molecule has 1 atom stereocenters. The molecule has 6 rings (SSSR count). The number of aromatic nitrogens is 1. The quantitative estimate of drug-likeness (QED) is 0.108. The summed E-state index contributed by atoms with van der Waals surface area (Å²) in [6, 6.07) is 25.3. The zero-order chi connectivity index (χ0) is 22.8. The van der Waals surface area contributed by atoms with Gasteiger partial charge in [0, 0.05) is 0 Å². The van der Waals surface area contributed by atoms with Gasteiger partial charge >= 0.3 is 222 Å². The number of alkyl halides is 2. The number of hydrogen-bond acceptors (Lipinski definition) is 2. The van der Waals surface area contributed by atoms with E-state index in [-0.39, 0.29) is 75.7 Å². The van der Waals surface area contributed by atoms with Crippen molar-refractivity contribution in [2.24, 2.45) is 0 Å². The van der Waals surface area contributed by atoms with E-state index in [0.29, 0.717) is 6.54 Å². The second-order valence-corrected chi connectivity index (χ2v) is 15.2. The van der Waals surface area contributed by atoms with Crippen LogP contribution in [0.1, 0.15) is 28.4 Å². The Hall–Kier alpha value is -0.0961. The summed E-state index contributed by atoms with van der Waals surface area (Å²) in [7, 11) is 0. The molecule has 1 unspecified atom stereocenters. The van der Waals surface area contributed by atoms with Crippen LogP contribution in [0.3, 0.4) is 0 Å². The van der Waals surface area contributed by atoms with Crippen LogP contribution in [0.5, 0.6) is 0 Å². The smallest absolute Gasteiger partial charge is 0.358 e. The van der Waals surface area contributed by atoms with Gasteiger partial charge in [0.25, 0.3) is 0 Å². The number of benzene rings is 3. The molecule has 1 fully saturated rings. The molecule has 3 heterocycles. The van der Waals surface area contributed by atoms with E-state index in [1.807, 2.05) is 48.5 Å². The number of fused-ring (bicyclic) bond motifs is 3. The Morgan fingerprint density at radius 1 is 1.06 bits per heavy atom. The van der Waals surface area contributed by atoms with Gasteiger partial charge in [0.2, 0.25) is 0 Å². The SMILES string of the molecule is Ic1cc[c-]cc1.N=[C-]c1ccc(C2c3[nH]c4ccc(I5CC5)cc4c3CCN2[C-]=O)cc1.[CH3-].[U+2].[U+2].